The Balaban J connectivity index is 0.00000364. The summed E-state index contributed by atoms with van der Waals surface area (Å²) < 4.78 is 11.2. The Bertz CT molecular complexity index is 687. The number of hydrogen-bond donors (Lipinski definition) is 0. The first-order chi connectivity index (χ1) is 12.7. The summed E-state index contributed by atoms with van der Waals surface area (Å²) >= 11 is 0. The third kappa shape index (κ3) is 7.24. The van der Waals surface area contributed by atoms with Crippen LogP contribution in [0.5, 0.6) is 11.5 Å². The predicted molar refractivity (Wildman–Crippen MR) is 113 cm³/mol. The van der Waals surface area contributed by atoms with Gasteiger partial charge in [-0.05, 0) is 37.2 Å². The molecule has 27 heavy (non-hydrogen) atoms. The lowest BCUT2D eigenvalue weighted by Crippen LogP contribution is -2.28. The Hall–Kier alpha value is -2.04. The van der Waals surface area contributed by atoms with Crippen LogP contribution < -0.4 is 9.47 Å². The molecule has 0 saturated heterocycles. The maximum atomic E-state index is 12.7. The minimum atomic E-state index is 0. The highest BCUT2D eigenvalue weighted by molar-refractivity contribution is 5.99. The van der Waals surface area contributed by atoms with Crippen LogP contribution in [0.3, 0.4) is 0 Å². The summed E-state index contributed by atoms with van der Waals surface area (Å²) in [6.45, 7) is 7.62. The molecule has 0 radical (unpaired) electrons. The summed E-state index contributed by atoms with van der Waals surface area (Å²) in [4.78, 5) is 15.0. The van der Waals surface area contributed by atoms with Gasteiger partial charge in [0, 0.05) is 19.0 Å². The minimum absolute atomic E-state index is 0. The van der Waals surface area contributed by atoms with Crippen molar-refractivity contribution in [2.45, 2.75) is 26.7 Å². The Labute approximate surface area is 168 Å². The van der Waals surface area contributed by atoms with Gasteiger partial charge in [0.15, 0.2) is 5.78 Å². The van der Waals surface area contributed by atoms with Gasteiger partial charge in [0.1, 0.15) is 18.1 Å². The topological polar surface area (TPSA) is 38.8 Å². The van der Waals surface area contributed by atoms with E-state index in [4.69, 9.17) is 9.47 Å². The third-order valence-electron chi connectivity index (χ3n) is 4.53. The van der Waals surface area contributed by atoms with E-state index in [2.05, 4.69) is 18.7 Å². The van der Waals surface area contributed by atoms with Crippen molar-refractivity contribution in [2.24, 2.45) is 0 Å². The van der Waals surface area contributed by atoms with Crippen molar-refractivity contribution >= 4 is 18.2 Å². The number of ether oxygens (including phenoxy) is 2. The van der Waals surface area contributed by atoms with E-state index in [1.54, 1.807) is 19.2 Å². The molecule has 0 saturated carbocycles. The standard InChI is InChI=1S/C22H29NO3.ClH/c1-4-23(5-2)15-16-26-22-17-19(25-3)12-13-20(22)21(24)14-11-18-9-7-6-8-10-18;/h6-10,12-13,17H,4-5,11,14-16H2,1-3H3;1H. The molecule has 2 aromatic carbocycles. The first kappa shape index (κ1) is 23.0. The SMILES string of the molecule is CCN(CC)CCOc1cc(OC)ccc1C(=O)CCc1ccccc1.Cl. The molecule has 0 aliphatic heterocycles. The molecule has 0 aromatic heterocycles. The van der Waals surface area contributed by atoms with Crippen molar-refractivity contribution in [2.75, 3.05) is 33.4 Å². The van der Waals surface area contributed by atoms with Crippen molar-refractivity contribution < 1.29 is 14.3 Å². The molecule has 0 amide bonds. The Morgan fingerprint density at radius 2 is 1.74 bits per heavy atom. The van der Waals surface area contributed by atoms with Crippen molar-refractivity contribution in [3.05, 3.63) is 59.7 Å². The second kappa shape index (κ2) is 12.4. The van der Waals surface area contributed by atoms with E-state index in [1.807, 2.05) is 36.4 Å². The second-order valence-electron chi connectivity index (χ2n) is 6.15. The van der Waals surface area contributed by atoms with Crippen LogP contribution >= 0.6 is 12.4 Å². The number of halogens is 1. The first-order valence-electron chi connectivity index (χ1n) is 9.28. The molecule has 0 unspecified atom stereocenters. The monoisotopic (exact) mass is 391 g/mol. The van der Waals surface area contributed by atoms with E-state index >= 15 is 0 Å². The summed E-state index contributed by atoms with van der Waals surface area (Å²) in [7, 11) is 1.62. The largest absolute Gasteiger partial charge is 0.497 e. The molecular weight excluding hydrogens is 362 g/mol. The van der Waals surface area contributed by atoms with Crippen LogP contribution in [0.15, 0.2) is 48.5 Å². The minimum Gasteiger partial charge on any atom is -0.497 e. The number of aryl methyl sites for hydroxylation is 1. The van der Waals surface area contributed by atoms with E-state index in [1.165, 1.54) is 5.56 Å². The highest BCUT2D eigenvalue weighted by Crippen LogP contribution is 2.26. The average molecular weight is 392 g/mol. The van der Waals surface area contributed by atoms with Gasteiger partial charge >= 0.3 is 0 Å². The van der Waals surface area contributed by atoms with E-state index in [-0.39, 0.29) is 18.2 Å². The summed E-state index contributed by atoms with van der Waals surface area (Å²) in [5, 5.41) is 0. The molecule has 0 atom stereocenters. The Morgan fingerprint density at radius 1 is 1.04 bits per heavy atom. The van der Waals surface area contributed by atoms with Gasteiger partial charge in [-0.1, -0.05) is 44.2 Å². The molecule has 2 aromatic rings. The van der Waals surface area contributed by atoms with Crippen LogP contribution in [0.1, 0.15) is 36.2 Å². The zero-order valence-corrected chi connectivity index (χ0v) is 17.3. The fraction of sp³-hybridized carbons (Fsp3) is 0.409. The maximum absolute atomic E-state index is 12.7. The zero-order chi connectivity index (χ0) is 18.8. The molecule has 0 aliphatic carbocycles. The number of methoxy groups -OCH3 is 1. The van der Waals surface area contributed by atoms with E-state index in [0.29, 0.717) is 30.1 Å². The molecule has 0 aliphatic rings. The maximum Gasteiger partial charge on any atom is 0.166 e. The van der Waals surface area contributed by atoms with Crippen LogP contribution in [0.2, 0.25) is 0 Å². The van der Waals surface area contributed by atoms with Gasteiger partial charge in [-0.25, -0.2) is 0 Å². The number of likely N-dealkylation sites (N-methyl/N-ethyl adjacent to an activating group) is 1. The molecular formula is C22H30ClNO3. The molecule has 0 N–H and O–H groups in total. The van der Waals surface area contributed by atoms with Crippen LogP contribution in [0.25, 0.3) is 0 Å². The van der Waals surface area contributed by atoms with Crippen molar-refractivity contribution in [1.82, 2.24) is 4.90 Å². The Morgan fingerprint density at radius 3 is 2.37 bits per heavy atom. The highest BCUT2D eigenvalue weighted by Gasteiger charge is 2.14. The van der Waals surface area contributed by atoms with E-state index in [9.17, 15) is 4.79 Å². The predicted octanol–water partition coefficient (Wildman–Crippen LogP) is 4.65. The number of Topliss-reactive ketones (excluding diaryl/α,β-unsaturated/α-hetero) is 1. The number of carbonyl (C=O) groups is 1. The summed E-state index contributed by atoms with van der Waals surface area (Å²) in [5.74, 6) is 1.39. The lowest BCUT2D eigenvalue weighted by molar-refractivity contribution is 0.0978. The lowest BCUT2D eigenvalue weighted by atomic mass is 10.0. The molecule has 0 bridgehead atoms. The lowest BCUT2D eigenvalue weighted by Gasteiger charge is -2.19. The second-order valence-corrected chi connectivity index (χ2v) is 6.15. The molecule has 0 spiro atoms. The van der Waals surface area contributed by atoms with Crippen LogP contribution in [0.4, 0.5) is 0 Å². The molecule has 4 nitrogen and oxygen atoms in total. The number of nitrogens with zero attached hydrogens (tertiary/aromatic N) is 1. The van der Waals surface area contributed by atoms with Crippen molar-refractivity contribution in [3.8, 4) is 11.5 Å². The third-order valence-corrected chi connectivity index (χ3v) is 4.53. The van der Waals surface area contributed by atoms with Crippen molar-refractivity contribution in [3.63, 3.8) is 0 Å². The number of benzene rings is 2. The van der Waals surface area contributed by atoms with Gasteiger partial charge in [-0.3, -0.25) is 4.79 Å². The van der Waals surface area contributed by atoms with E-state index < -0.39 is 0 Å². The molecule has 2 rings (SSSR count). The number of carbonyl (C=O) groups excluding carboxylic acids is 1. The van der Waals surface area contributed by atoms with Crippen molar-refractivity contribution in [1.29, 1.82) is 0 Å². The number of hydrogen-bond acceptors (Lipinski definition) is 4. The van der Waals surface area contributed by atoms with Gasteiger partial charge < -0.3 is 14.4 Å². The van der Waals surface area contributed by atoms with Gasteiger partial charge in [0.25, 0.3) is 0 Å². The molecule has 0 fully saturated rings. The fourth-order valence-corrected chi connectivity index (χ4v) is 2.84. The molecule has 148 valence electrons. The van der Waals surface area contributed by atoms with Crippen LogP contribution in [-0.4, -0.2) is 44.0 Å². The Kier molecular flexibility index (Phi) is 10.5. The quantitative estimate of drug-likeness (QED) is 0.522. The van der Waals surface area contributed by atoms with Gasteiger partial charge in [0.2, 0.25) is 0 Å². The number of ketones is 1. The molecule has 5 heteroatoms. The average Bonchev–Trinajstić information content (AvgIpc) is 2.70. The zero-order valence-electron chi connectivity index (χ0n) is 16.4. The van der Waals surface area contributed by atoms with Gasteiger partial charge in [-0.15, -0.1) is 12.4 Å². The smallest absolute Gasteiger partial charge is 0.166 e. The summed E-state index contributed by atoms with van der Waals surface area (Å²) in [6, 6.07) is 15.5. The normalized spacial score (nSPS) is 10.4. The summed E-state index contributed by atoms with van der Waals surface area (Å²) in [5.41, 5.74) is 1.79. The van der Waals surface area contributed by atoms with Crippen LogP contribution in [-0.2, 0) is 6.42 Å². The fourth-order valence-electron chi connectivity index (χ4n) is 2.84. The van der Waals surface area contributed by atoms with E-state index in [0.717, 1.165) is 26.1 Å². The van der Waals surface area contributed by atoms with Gasteiger partial charge in [0.05, 0.1) is 12.7 Å². The van der Waals surface area contributed by atoms with Gasteiger partial charge in [-0.2, -0.15) is 0 Å². The number of rotatable bonds is 11. The molecule has 0 heterocycles. The first-order valence-corrected chi connectivity index (χ1v) is 9.28. The highest BCUT2D eigenvalue weighted by atomic mass is 35.5. The summed E-state index contributed by atoms with van der Waals surface area (Å²) in [6.07, 6.45) is 1.19. The van der Waals surface area contributed by atoms with Crippen LogP contribution in [0, 0.1) is 0 Å².